The van der Waals surface area contributed by atoms with Crippen molar-refractivity contribution in [2.24, 2.45) is 5.73 Å². The normalized spacial score (nSPS) is 19.8. The molecule has 1 fully saturated rings. The van der Waals surface area contributed by atoms with Gasteiger partial charge in [0.05, 0.1) is 6.04 Å². The van der Waals surface area contributed by atoms with Crippen molar-refractivity contribution in [3.8, 4) is 0 Å². The Morgan fingerprint density at radius 1 is 1.22 bits per heavy atom. The van der Waals surface area contributed by atoms with Crippen molar-refractivity contribution in [2.75, 3.05) is 6.54 Å². The highest BCUT2D eigenvalue weighted by Gasteiger charge is 2.36. The second kappa shape index (κ2) is 9.88. The summed E-state index contributed by atoms with van der Waals surface area (Å²) in [5.74, 6) is -0.809. The van der Waals surface area contributed by atoms with Gasteiger partial charge in [-0.25, -0.2) is 0 Å². The van der Waals surface area contributed by atoms with Crippen LogP contribution >= 0.6 is 0 Å². The van der Waals surface area contributed by atoms with Crippen molar-refractivity contribution in [1.29, 1.82) is 0 Å². The van der Waals surface area contributed by atoms with E-state index in [9.17, 15) is 14.4 Å². The SMILES string of the molecule is C[C@H](N)C(=O)N[C@@H](C)C(=O)N1CCC[C@H]1C(=O)N[C@H]([Al])Cc1ccccc1. The van der Waals surface area contributed by atoms with Gasteiger partial charge in [-0.05, 0) is 43.6 Å². The van der Waals surface area contributed by atoms with Crippen LogP contribution in [0.1, 0.15) is 32.3 Å². The summed E-state index contributed by atoms with van der Waals surface area (Å²) in [6.07, 6.45) is 2.07. The molecule has 2 radical (unpaired) electrons. The number of carbonyl (C=O) groups excluding carboxylic acids is 3. The van der Waals surface area contributed by atoms with Crippen LogP contribution in [0.25, 0.3) is 0 Å². The van der Waals surface area contributed by atoms with Gasteiger partial charge in [0.15, 0.2) is 16.3 Å². The first-order chi connectivity index (χ1) is 12.8. The first-order valence-corrected chi connectivity index (χ1v) is 9.92. The molecule has 0 aromatic heterocycles. The van der Waals surface area contributed by atoms with Crippen molar-refractivity contribution >= 4 is 34.0 Å². The van der Waals surface area contributed by atoms with Crippen LogP contribution < -0.4 is 16.4 Å². The zero-order chi connectivity index (χ0) is 20.0. The number of carbonyl (C=O) groups is 3. The molecule has 4 N–H and O–H groups in total. The van der Waals surface area contributed by atoms with Gasteiger partial charge in [0, 0.05) is 6.54 Å². The Morgan fingerprint density at radius 3 is 2.52 bits per heavy atom. The number of nitrogens with zero attached hydrogens (tertiary/aromatic N) is 1. The van der Waals surface area contributed by atoms with Gasteiger partial charge < -0.3 is 21.3 Å². The fourth-order valence-corrected chi connectivity index (χ4v) is 3.59. The van der Waals surface area contributed by atoms with Gasteiger partial charge in [0.1, 0.15) is 12.1 Å². The minimum atomic E-state index is -0.715. The van der Waals surface area contributed by atoms with E-state index in [2.05, 4.69) is 26.9 Å². The maximum absolute atomic E-state index is 12.7. The van der Waals surface area contributed by atoms with Crippen molar-refractivity contribution in [3.05, 3.63) is 35.9 Å². The third-order valence-electron chi connectivity index (χ3n) is 4.61. The van der Waals surface area contributed by atoms with Crippen LogP contribution in [0.2, 0.25) is 0 Å². The molecule has 4 atom stereocenters. The molecule has 1 aliphatic heterocycles. The molecule has 2 rings (SSSR count). The van der Waals surface area contributed by atoms with Gasteiger partial charge in [-0.3, -0.25) is 14.4 Å². The third-order valence-corrected chi connectivity index (χ3v) is 5.01. The Bertz CT molecular complexity index is 668. The number of rotatable bonds is 7. The summed E-state index contributed by atoms with van der Waals surface area (Å²) >= 11 is 2.64. The topological polar surface area (TPSA) is 105 Å². The molecule has 0 aliphatic carbocycles. The Hall–Kier alpha value is -1.88. The molecule has 3 amide bonds. The highest BCUT2D eigenvalue weighted by molar-refractivity contribution is 6.13. The number of benzene rings is 1. The molecule has 0 bridgehead atoms. The lowest BCUT2D eigenvalue weighted by molar-refractivity contribution is -0.141. The van der Waals surface area contributed by atoms with Crippen LogP contribution in [0.15, 0.2) is 30.3 Å². The van der Waals surface area contributed by atoms with Gasteiger partial charge in [0.25, 0.3) is 0 Å². The summed E-state index contributed by atoms with van der Waals surface area (Å²) in [5.41, 5.74) is 6.66. The lowest BCUT2D eigenvalue weighted by Gasteiger charge is -2.28. The summed E-state index contributed by atoms with van der Waals surface area (Å²) in [5, 5.41) is 5.57. The maximum Gasteiger partial charge on any atom is 0.245 e. The number of amides is 3. The average molecular weight is 386 g/mol. The maximum atomic E-state index is 12.7. The minimum Gasteiger partial charge on any atom is -0.367 e. The van der Waals surface area contributed by atoms with E-state index in [4.69, 9.17) is 5.73 Å². The van der Waals surface area contributed by atoms with Gasteiger partial charge in [-0.15, -0.1) is 0 Å². The van der Waals surface area contributed by atoms with Crippen LogP contribution in [0.5, 0.6) is 0 Å². The van der Waals surface area contributed by atoms with Crippen LogP contribution in [-0.2, 0) is 20.8 Å². The molecule has 1 saturated heterocycles. The molecule has 144 valence electrons. The molecule has 27 heavy (non-hydrogen) atoms. The number of nitrogens with two attached hydrogens (primary N) is 1. The second-order valence-electron chi connectivity index (χ2n) is 7.01. The zero-order valence-electron chi connectivity index (χ0n) is 15.9. The van der Waals surface area contributed by atoms with E-state index < -0.39 is 18.1 Å². The predicted octanol–water partition coefficient (Wildman–Crippen LogP) is -0.317. The summed E-state index contributed by atoms with van der Waals surface area (Å²) < 4.78 is 0. The predicted molar refractivity (Wildman–Crippen MR) is 104 cm³/mol. The Kier molecular flexibility index (Phi) is 7.84. The average Bonchev–Trinajstić information content (AvgIpc) is 3.11. The number of hydrogen-bond donors (Lipinski definition) is 3. The van der Waals surface area contributed by atoms with E-state index in [0.29, 0.717) is 19.4 Å². The fraction of sp³-hybridized carbons (Fsp3) is 0.526. The van der Waals surface area contributed by atoms with Crippen LogP contribution in [0, 0.1) is 0 Å². The number of nitrogens with one attached hydrogen (secondary N) is 2. The smallest absolute Gasteiger partial charge is 0.245 e. The molecule has 0 unspecified atom stereocenters. The van der Waals surface area contributed by atoms with Crippen molar-refractivity contribution in [1.82, 2.24) is 15.5 Å². The molecule has 1 aromatic rings. The van der Waals surface area contributed by atoms with Crippen LogP contribution in [0.4, 0.5) is 0 Å². The van der Waals surface area contributed by atoms with E-state index in [1.54, 1.807) is 18.7 Å². The molecule has 8 heteroatoms. The largest absolute Gasteiger partial charge is 0.367 e. The monoisotopic (exact) mass is 386 g/mol. The minimum absolute atomic E-state index is 0.118. The summed E-state index contributed by atoms with van der Waals surface area (Å²) in [6.45, 7) is 3.68. The Morgan fingerprint density at radius 2 is 1.89 bits per heavy atom. The first-order valence-electron chi connectivity index (χ1n) is 9.26. The molecule has 1 heterocycles. The van der Waals surface area contributed by atoms with E-state index in [1.807, 2.05) is 30.3 Å². The quantitative estimate of drug-likeness (QED) is 0.559. The molecular weight excluding hydrogens is 359 g/mol. The van der Waals surface area contributed by atoms with Gasteiger partial charge >= 0.3 is 0 Å². The van der Waals surface area contributed by atoms with Crippen molar-refractivity contribution in [2.45, 2.75) is 56.1 Å². The van der Waals surface area contributed by atoms with Crippen LogP contribution in [-0.4, -0.2) is 68.5 Å². The van der Waals surface area contributed by atoms with Crippen LogP contribution in [0.3, 0.4) is 0 Å². The number of likely N-dealkylation sites (tertiary alicyclic amines) is 1. The molecule has 1 aliphatic rings. The molecule has 1 aromatic carbocycles. The standard InChI is InChI=1S/C19H27N4O3.Al/c1-13(20)17(24)22-14(2)19(26)23-12-6-9-16(23)18(25)21-11-10-15-7-4-3-5-8-15;/h3-5,7-8,11,13-14,16H,6,9-10,12,20H2,1-2H3,(H,21,25)(H,22,24);/t13-,14-,16-;/m0./s1. The molecular formula is C19H27AlN4O3. The highest BCUT2D eigenvalue weighted by Crippen LogP contribution is 2.19. The van der Waals surface area contributed by atoms with E-state index in [0.717, 1.165) is 12.0 Å². The van der Waals surface area contributed by atoms with Gasteiger partial charge in [-0.2, -0.15) is 0 Å². The summed E-state index contributed by atoms with van der Waals surface area (Å²) in [4.78, 5) is 38.5. The van der Waals surface area contributed by atoms with E-state index in [1.165, 1.54) is 0 Å². The summed E-state index contributed by atoms with van der Waals surface area (Å²) in [6, 6.07) is 7.99. The lowest BCUT2D eigenvalue weighted by atomic mass is 10.1. The third kappa shape index (κ3) is 6.06. The molecule has 7 nitrogen and oxygen atoms in total. The summed E-state index contributed by atoms with van der Waals surface area (Å²) in [7, 11) is 0. The van der Waals surface area contributed by atoms with E-state index in [-0.39, 0.29) is 22.6 Å². The lowest BCUT2D eigenvalue weighted by Crippen LogP contribution is -2.55. The van der Waals surface area contributed by atoms with Gasteiger partial charge in [-0.1, -0.05) is 30.3 Å². The highest BCUT2D eigenvalue weighted by atomic mass is 27.0. The second-order valence-corrected chi connectivity index (χ2v) is 7.82. The zero-order valence-corrected chi connectivity index (χ0v) is 17.0. The Balaban J connectivity index is 1.93. The van der Waals surface area contributed by atoms with Gasteiger partial charge in [0.2, 0.25) is 17.7 Å². The molecule has 0 spiro atoms. The number of hydrogen-bond acceptors (Lipinski definition) is 4. The van der Waals surface area contributed by atoms with E-state index >= 15 is 0 Å². The Labute approximate surface area is 168 Å². The first kappa shape index (κ1) is 21.4. The van der Waals surface area contributed by atoms with Crippen molar-refractivity contribution < 1.29 is 14.4 Å². The fourth-order valence-electron chi connectivity index (χ4n) is 3.16. The molecule has 0 saturated carbocycles. The van der Waals surface area contributed by atoms with Crippen molar-refractivity contribution in [3.63, 3.8) is 0 Å².